The Kier molecular flexibility index (Phi) is 1.80. The number of carbonyl (C=O) groups excluding carboxylic acids is 1. The Morgan fingerprint density at radius 3 is 2.77 bits per heavy atom. The van der Waals surface area contributed by atoms with E-state index in [2.05, 4.69) is 11.4 Å². The van der Waals surface area contributed by atoms with Gasteiger partial charge in [-0.05, 0) is 31.6 Å². The van der Waals surface area contributed by atoms with E-state index < -0.39 is 5.41 Å². The predicted octanol–water partition coefficient (Wildman–Crippen LogP) is 1.20. The normalized spacial score (nSPS) is 38.5. The van der Waals surface area contributed by atoms with Crippen molar-refractivity contribution in [2.75, 3.05) is 0 Å². The van der Waals surface area contributed by atoms with Crippen LogP contribution in [0, 0.1) is 22.7 Å². The first kappa shape index (κ1) is 8.55. The number of nitrogens with zero attached hydrogens (tertiary/aromatic N) is 1. The Morgan fingerprint density at radius 2 is 2.38 bits per heavy atom. The van der Waals surface area contributed by atoms with Gasteiger partial charge in [-0.2, -0.15) is 5.26 Å². The van der Waals surface area contributed by atoms with Crippen molar-refractivity contribution >= 4 is 5.91 Å². The second-order valence-corrected chi connectivity index (χ2v) is 4.14. The molecule has 1 amide bonds. The smallest absolute Gasteiger partial charge is 0.241 e. The van der Waals surface area contributed by atoms with E-state index in [1.807, 2.05) is 6.92 Å². The van der Waals surface area contributed by atoms with E-state index in [1.165, 1.54) is 0 Å². The molecule has 0 unspecified atom stereocenters. The minimum Gasteiger partial charge on any atom is -0.352 e. The highest BCUT2D eigenvalue weighted by molar-refractivity contribution is 5.88. The summed E-state index contributed by atoms with van der Waals surface area (Å²) in [4.78, 5) is 11.6. The van der Waals surface area contributed by atoms with E-state index in [1.54, 1.807) is 0 Å². The number of hydrogen-bond acceptors (Lipinski definition) is 2. The molecule has 0 aromatic carbocycles. The van der Waals surface area contributed by atoms with Gasteiger partial charge in [0, 0.05) is 6.04 Å². The summed E-state index contributed by atoms with van der Waals surface area (Å²) in [5, 5.41) is 12.0. The number of nitriles is 1. The van der Waals surface area contributed by atoms with Crippen LogP contribution in [0.5, 0.6) is 0 Å². The molecule has 13 heavy (non-hydrogen) atoms. The summed E-state index contributed by atoms with van der Waals surface area (Å²) in [5.41, 5.74) is -0.666. The van der Waals surface area contributed by atoms with Crippen molar-refractivity contribution < 1.29 is 4.79 Å². The van der Waals surface area contributed by atoms with Crippen LogP contribution in [0.3, 0.4) is 0 Å². The van der Waals surface area contributed by atoms with Gasteiger partial charge in [0.2, 0.25) is 5.91 Å². The number of rotatable bonds is 2. The van der Waals surface area contributed by atoms with Crippen molar-refractivity contribution in [1.29, 1.82) is 5.26 Å². The van der Waals surface area contributed by atoms with Gasteiger partial charge >= 0.3 is 0 Å². The molecular weight excluding hydrogens is 164 g/mol. The fourth-order valence-corrected chi connectivity index (χ4v) is 2.21. The lowest BCUT2D eigenvalue weighted by atomic mass is 9.81. The zero-order valence-corrected chi connectivity index (χ0v) is 7.84. The fraction of sp³-hybridized carbons (Fsp3) is 0.800. The molecule has 0 radical (unpaired) electrons. The predicted molar refractivity (Wildman–Crippen MR) is 47.6 cm³/mol. The first-order valence-electron chi connectivity index (χ1n) is 4.95. The highest BCUT2D eigenvalue weighted by atomic mass is 16.2. The third-order valence-corrected chi connectivity index (χ3v) is 3.28. The van der Waals surface area contributed by atoms with Gasteiger partial charge in [0.05, 0.1) is 6.07 Å². The van der Waals surface area contributed by atoms with E-state index >= 15 is 0 Å². The molecule has 2 rings (SSSR count). The van der Waals surface area contributed by atoms with Crippen LogP contribution in [0.1, 0.15) is 32.6 Å². The van der Waals surface area contributed by atoms with Gasteiger partial charge in [-0.25, -0.2) is 0 Å². The second-order valence-electron chi connectivity index (χ2n) is 4.14. The standard InChI is InChI=1S/C10H14N2O/c1-2-8-5-10(6-11,7-3-4-7)9(13)12-8/h7-8H,2-5H2,1H3,(H,12,13)/t8-,10-/m1/s1. The zero-order valence-electron chi connectivity index (χ0n) is 7.84. The Hall–Kier alpha value is -1.04. The minimum absolute atomic E-state index is 0.0237. The highest BCUT2D eigenvalue weighted by Crippen LogP contribution is 2.50. The van der Waals surface area contributed by atoms with Crippen LogP contribution in [-0.2, 0) is 4.79 Å². The maximum Gasteiger partial charge on any atom is 0.241 e. The second kappa shape index (κ2) is 2.73. The molecule has 1 saturated carbocycles. The first-order valence-corrected chi connectivity index (χ1v) is 4.95. The molecule has 2 atom stereocenters. The third-order valence-electron chi connectivity index (χ3n) is 3.28. The molecule has 3 nitrogen and oxygen atoms in total. The molecule has 0 aromatic heterocycles. The summed E-state index contributed by atoms with van der Waals surface area (Å²) in [6.07, 6.45) is 3.76. The summed E-state index contributed by atoms with van der Waals surface area (Å²) in [7, 11) is 0. The number of hydrogen-bond donors (Lipinski definition) is 1. The Morgan fingerprint density at radius 1 is 1.69 bits per heavy atom. The number of amides is 1. The van der Waals surface area contributed by atoms with Crippen LogP contribution >= 0.6 is 0 Å². The molecule has 3 heteroatoms. The van der Waals surface area contributed by atoms with Crippen molar-refractivity contribution in [1.82, 2.24) is 5.32 Å². The summed E-state index contributed by atoms with van der Waals surface area (Å²) in [6.45, 7) is 2.05. The van der Waals surface area contributed by atoms with E-state index in [4.69, 9.17) is 5.26 Å². The zero-order chi connectivity index (χ0) is 9.47. The number of carbonyl (C=O) groups is 1. The lowest BCUT2D eigenvalue weighted by Crippen LogP contribution is -2.32. The van der Waals surface area contributed by atoms with Crippen LogP contribution in [0.25, 0.3) is 0 Å². The quantitative estimate of drug-likeness (QED) is 0.690. The maximum absolute atomic E-state index is 11.6. The topological polar surface area (TPSA) is 52.9 Å². The largest absolute Gasteiger partial charge is 0.352 e. The molecule has 1 N–H and O–H groups in total. The average Bonchev–Trinajstić information content (AvgIpc) is 2.92. The van der Waals surface area contributed by atoms with Crippen LogP contribution < -0.4 is 5.32 Å². The van der Waals surface area contributed by atoms with Crippen LogP contribution in [-0.4, -0.2) is 11.9 Å². The van der Waals surface area contributed by atoms with Gasteiger partial charge in [-0.1, -0.05) is 6.92 Å². The molecule has 1 aliphatic heterocycles. The highest BCUT2D eigenvalue weighted by Gasteiger charge is 2.56. The van der Waals surface area contributed by atoms with Gasteiger partial charge in [0.1, 0.15) is 5.41 Å². The van der Waals surface area contributed by atoms with Gasteiger partial charge in [0.25, 0.3) is 0 Å². The summed E-state index contributed by atoms with van der Waals surface area (Å²) in [6, 6.07) is 2.47. The van der Waals surface area contributed by atoms with Crippen molar-refractivity contribution in [2.24, 2.45) is 11.3 Å². The van der Waals surface area contributed by atoms with Crippen LogP contribution in [0.2, 0.25) is 0 Å². The van der Waals surface area contributed by atoms with Gasteiger partial charge in [-0.3, -0.25) is 4.79 Å². The minimum atomic E-state index is -0.666. The van der Waals surface area contributed by atoms with Crippen molar-refractivity contribution in [3.63, 3.8) is 0 Å². The molecule has 1 heterocycles. The first-order chi connectivity index (χ1) is 6.23. The van der Waals surface area contributed by atoms with Gasteiger partial charge in [-0.15, -0.1) is 0 Å². The third kappa shape index (κ3) is 1.13. The number of nitrogens with one attached hydrogen (secondary N) is 1. The van der Waals surface area contributed by atoms with Gasteiger partial charge in [0.15, 0.2) is 0 Å². The molecule has 0 aromatic rings. The molecule has 1 aliphatic carbocycles. The summed E-state index contributed by atoms with van der Waals surface area (Å²) < 4.78 is 0. The van der Waals surface area contributed by atoms with Gasteiger partial charge < -0.3 is 5.32 Å². The van der Waals surface area contributed by atoms with Crippen molar-refractivity contribution in [3.8, 4) is 6.07 Å². The Bertz CT molecular complexity index is 277. The lowest BCUT2D eigenvalue weighted by molar-refractivity contribution is -0.126. The molecule has 0 bridgehead atoms. The van der Waals surface area contributed by atoms with Crippen LogP contribution in [0.4, 0.5) is 0 Å². The molecule has 70 valence electrons. The molecular formula is C10H14N2O. The Balaban J connectivity index is 2.21. The van der Waals surface area contributed by atoms with E-state index in [9.17, 15) is 4.79 Å². The summed E-state index contributed by atoms with van der Waals surface area (Å²) >= 11 is 0. The lowest BCUT2D eigenvalue weighted by Gasteiger charge is -2.15. The monoisotopic (exact) mass is 178 g/mol. The SMILES string of the molecule is CC[C@@H]1C[C@@](C#N)(C2CC2)C(=O)N1. The van der Waals surface area contributed by atoms with Crippen LogP contribution in [0.15, 0.2) is 0 Å². The van der Waals surface area contributed by atoms with E-state index in [0.29, 0.717) is 5.92 Å². The van der Waals surface area contributed by atoms with E-state index in [-0.39, 0.29) is 11.9 Å². The molecule has 0 spiro atoms. The van der Waals surface area contributed by atoms with Crippen molar-refractivity contribution in [3.05, 3.63) is 0 Å². The van der Waals surface area contributed by atoms with Crippen molar-refractivity contribution in [2.45, 2.75) is 38.6 Å². The fourth-order valence-electron chi connectivity index (χ4n) is 2.21. The Labute approximate surface area is 78.1 Å². The maximum atomic E-state index is 11.6. The molecule has 1 saturated heterocycles. The molecule has 2 fully saturated rings. The average molecular weight is 178 g/mol. The molecule has 2 aliphatic rings. The summed E-state index contributed by atoms with van der Waals surface area (Å²) in [5.74, 6) is 0.318. The van der Waals surface area contributed by atoms with E-state index in [0.717, 1.165) is 25.7 Å².